The van der Waals surface area contributed by atoms with Crippen molar-refractivity contribution < 1.29 is 8.39 Å². The number of nitrogens with zero attached hydrogens (tertiary/aromatic N) is 1. The highest BCUT2D eigenvalue weighted by Gasteiger charge is 2.15. The molecule has 20 heavy (non-hydrogen) atoms. The Labute approximate surface area is 126 Å². The molecule has 1 atom stereocenters. The smallest absolute Gasteiger partial charge is 0.290 e. The average molecular weight is 321 g/mol. The Kier molecular flexibility index (Phi) is 3.45. The van der Waals surface area contributed by atoms with E-state index >= 15 is 0 Å². The minimum Gasteiger partial charge on any atom is -0.366 e. The van der Waals surface area contributed by atoms with Crippen LogP contribution < -0.4 is 4.18 Å². The van der Waals surface area contributed by atoms with Crippen molar-refractivity contribution in [1.82, 2.24) is 4.98 Å². The molecule has 0 aliphatic carbocycles. The summed E-state index contributed by atoms with van der Waals surface area (Å²) < 4.78 is 19.0. The van der Waals surface area contributed by atoms with Gasteiger partial charge in [0.25, 0.3) is 5.19 Å². The highest BCUT2D eigenvalue weighted by atomic mass is 32.8. The Morgan fingerprint density at radius 2 is 1.90 bits per heavy atom. The molecule has 0 radical (unpaired) electrons. The van der Waals surface area contributed by atoms with Crippen LogP contribution in [0.2, 0.25) is 0 Å². The number of fused-ring (bicyclic) bond motifs is 1. The van der Waals surface area contributed by atoms with Crippen LogP contribution in [0.1, 0.15) is 5.56 Å². The summed E-state index contributed by atoms with van der Waals surface area (Å²) in [4.78, 5) is 4.87. The van der Waals surface area contributed by atoms with E-state index in [0.29, 0.717) is 10.1 Å². The Bertz CT molecular complexity index is 855. The van der Waals surface area contributed by atoms with E-state index < -0.39 is 8.77 Å². The van der Waals surface area contributed by atoms with E-state index in [0.717, 1.165) is 15.8 Å². The summed E-state index contributed by atoms with van der Waals surface area (Å²) in [5.41, 5.74) is 1.93. The third kappa shape index (κ3) is 2.54. The predicted molar refractivity (Wildman–Crippen MR) is 85.2 cm³/mol. The molecule has 6 heteroatoms. The summed E-state index contributed by atoms with van der Waals surface area (Å²) in [5.74, 6) is 0. The van der Waals surface area contributed by atoms with Gasteiger partial charge in [-0.25, -0.2) is 9.19 Å². The molecule has 0 aliphatic rings. The van der Waals surface area contributed by atoms with Gasteiger partial charge in [0, 0.05) is 11.2 Å². The van der Waals surface area contributed by atoms with Crippen LogP contribution in [-0.2, 0) is 20.0 Å². The molecule has 0 aliphatic heterocycles. The van der Waals surface area contributed by atoms with E-state index in [2.05, 4.69) is 4.98 Å². The van der Waals surface area contributed by atoms with E-state index in [1.54, 1.807) is 24.3 Å². The van der Waals surface area contributed by atoms with Crippen LogP contribution in [0, 0.1) is 6.92 Å². The molecule has 0 fully saturated rings. The molecule has 0 N–H and O–H groups in total. The van der Waals surface area contributed by atoms with Crippen LogP contribution in [-0.4, -0.2) is 9.19 Å². The number of benzene rings is 2. The second-order valence-electron chi connectivity index (χ2n) is 4.25. The number of hydrogen-bond donors (Lipinski definition) is 0. The van der Waals surface area contributed by atoms with E-state index in [1.807, 2.05) is 31.2 Å². The van der Waals surface area contributed by atoms with Crippen molar-refractivity contribution >= 4 is 41.5 Å². The van der Waals surface area contributed by atoms with Gasteiger partial charge in [-0.05, 0) is 30.7 Å². The molecule has 1 aromatic heterocycles. The van der Waals surface area contributed by atoms with Crippen molar-refractivity contribution in [1.29, 1.82) is 0 Å². The van der Waals surface area contributed by atoms with Crippen LogP contribution >= 0.6 is 11.3 Å². The Hall–Kier alpha value is -1.50. The first-order valence-electron chi connectivity index (χ1n) is 5.92. The Balaban J connectivity index is 1.99. The van der Waals surface area contributed by atoms with Crippen molar-refractivity contribution in [2.24, 2.45) is 0 Å². The van der Waals surface area contributed by atoms with Gasteiger partial charge in [0.05, 0.1) is 15.1 Å². The normalized spacial score (nSPS) is 14.1. The third-order valence-corrected chi connectivity index (χ3v) is 5.83. The van der Waals surface area contributed by atoms with E-state index in [-0.39, 0.29) is 0 Å². The number of para-hydroxylation sites is 1. The largest absolute Gasteiger partial charge is 0.366 e. The van der Waals surface area contributed by atoms with Crippen molar-refractivity contribution in [2.45, 2.75) is 11.8 Å². The van der Waals surface area contributed by atoms with Gasteiger partial charge < -0.3 is 4.18 Å². The Morgan fingerprint density at radius 1 is 1.15 bits per heavy atom. The summed E-state index contributed by atoms with van der Waals surface area (Å²) in [7, 11) is -2.99. The van der Waals surface area contributed by atoms with Crippen LogP contribution in [0.3, 0.4) is 0 Å². The molecule has 0 spiro atoms. The topological polar surface area (TPSA) is 39.2 Å². The van der Waals surface area contributed by atoms with Crippen LogP contribution in [0.15, 0.2) is 53.4 Å². The third-order valence-electron chi connectivity index (χ3n) is 2.81. The zero-order valence-corrected chi connectivity index (χ0v) is 13.1. The lowest BCUT2D eigenvalue weighted by Crippen LogP contribution is -2.07. The first-order chi connectivity index (χ1) is 9.56. The summed E-state index contributed by atoms with van der Waals surface area (Å²) >= 11 is 6.46. The first kappa shape index (κ1) is 13.5. The van der Waals surface area contributed by atoms with Crippen LogP contribution in [0.25, 0.3) is 10.2 Å². The monoisotopic (exact) mass is 321 g/mol. The number of hydrogen-bond acceptors (Lipinski definition) is 5. The molecule has 3 aromatic rings. The maximum absolute atomic E-state index is 12.5. The fourth-order valence-corrected chi connectivity index (χ4v) is 4.50. The van der Waals surface area contributed by atoms with Crippen molar-refractivity contribution in [3.8, 4) is 5.19 Å². The zero-order valence-electron chi connectivity index (χ0n) is 10.6. The fourth-order valence-electron chi connectivity index (χ4n) is 1.83. The second kappa shape index (κ2) is 5.12. The predicted octanol–water partition coefficient (Wildman–Crippen LogP) is 3.70. The van der Waals surface area contributed by atoms with Crippen LogP contribution in [0.5, 0.6) is 5.19 Å². The summed E-state index contributed by atoms with van der Waals surface area (Å²) in [5, 5.41) is 0.346. The van der Waals surface area contributed by atoms with Gasteiger partial charge in [-0.2, -0.15) is 0 Å². The Morgan fingerprint density at radius 3 is 2.60 bits per heavy atom. The molecule has 2 aromatic carbocycles. The van der Waals surface area contributed by atoms with Gasteiger partial charge in [0.2, 0.25) is 8.77 Å². The van der Waals surface area contributed by atoms with Gasteiger partial charge >= 0.3 is 0 Å². The molecular weight excluding hydrogens is 310 g/mol. The highest BCUT2D eigenvalue weighted by molar-refractivity contribution is 8.30. The van der Waals surface area contributed by atoms with Gasteiger partial charge in [-0.3, -0.25) is 0 Å². The maximum atomic E-state index is 12.5. The lowest BCUT2D eigenvalue weighted by Gasteiger charge is -2.05. The molecule has 3 nitrogen and oxygen atoms in total. The van der Waals surface area contributed by atoms with Crippen LogP contribution in [0.4, 0.5) is 0 Å². The lowest BCUT2D eigenvalue weighted by molar-refractivity contribution is 0.557. The molecule has 3 rings (SSSR count). The first-order valence-corrected chi connectivity index (χ1v) is 9.14. The van der Waals surface area contributed by atoms with Gasteiger partial charge in [0.15, 0.2) is 0 Å². The minimum absolute atomic E-state index is 0.346. The number of rotatable bonds is 3. The number of aromatic nitrogens is 1. The molecule has 102 valence electrons. The highest BCUT2D eigenvalue weighted by Crippen LogP contribution is 2.31. The molecule has 1 unspecified atom stereocenters. The van der Waals surface area contributed by atoms with Gasteiger partial charge in [0.1, 0.15) is 0 Å². The summed E-state index contributed by atoms with van der Waals surface area (Å²) in [6.45, 7) is 1.98. The molecule has 0 saturated heterocycles. The SMILES string of the molecule is Cc1cccc2sc(OS(=O)(=S)c3ccccc3)nc12. The fraction of sp³-hybridized carbons (Fsp3) is 0.0714. The lowest BCUT2D eigenvalue weighted by atomic mass is 10.2. The quantitative estimate of drug-likeness (QED) is 0.737. The molecule has 1 heterocycles. The average Bonchev–Trinajstić information content (AvgIpc) is 2.83. The standard InChI is InChI=1S/C14H11NO2S3/c1-10-6-5-9-12-13(10)15-14(19-12)17-20(16,18)11-7-3-2-4-8-11/h2-9H,1H3. The van der Waals surface area contributed by atoms with E-state index in [4.69, 9.17) is 15.4 Å². The minimum atomic E-state index is -2.99. The second-order valence-corrected chi connectivity index (χ2v) is 8.11. The van der Waals surface area contributed by atoms with Crippen molar-refractivity contribution in [2.75, 3.05) is 0 Å². The molecule has 0 saturated carbocycles. The van der Waals surface area contributed by atoms with Crippen molar-refractivity contribution in [3.63, 3.8) is 0 Å². The van der Waals surface area contributed by atoms with Gasteiger partial charge in [-0.1, -0.05) is 41.7 Å². The molecule has 0 amide bonds. The maximum Gasteiger partial charge on any atom is 0.290 e. The summed E-state index contributed by atoms with van der Waals surface area (Å²) in [6.07, 6.45) is 0. The zero-order chi connectivity index (χ0) is 14.2. The van der Waals surface area contributed by atoms with Crippen molar-refractivity contribution in [3.05, 3.63) is 54.1 Å². The van der Waals surface area contributed by atoms with E-state index in [9.17, 15) is 4.21 Å². The molecule has 0 bridgehead atoms. The molecular formula is C14H11NO2S3. The van der Waals surface area contributed by atoms with E-state index in [1.165, 1.54) is 11.3 Å². The number of thiazole rings is 1. The number of aryl methyl sites for hydroxylation is 1. The van der Waals surface area contributed by atoms with Gasteiger partial charge in [-0.15, -0.1) is 0 Å². The summed E-state index contributed by atoms with van der Waals surface area (Å²) in [6, 6.07) is 14.7.